The van der Waals surface area contributed by atoms with Gasteiger partial charge < -0.3 is 11.1 Å². The number of halogens is 3. The summed E-state index contributed by atoms with van der Waals surface area (Å²) in [7, 11) is 0. The Morgan fingerprint density at radius 2 is 2.00 bits per heavy atom. The molecule has 2 rings (SSSR count). The average molecular weight is 258 g/mol. The first kappa shape index (κ1) is 12.9. The smallest absolute Gasteiger partial charge is 0.324 e. The molecule has 98 valence electrons. The maximum Gasteiger partial charge on any atom is 0.416 e. The third-order valence-electron chi connectivity index (χ3n) is 3.13. The van der Waals surface area contributed by atoms with Crippen LogP contribution in [-0.2, 0) is 11.0 Å². The fraction of sp³-hybridized carbons (Fsp3) is 0.417. The van der Waals surface area contributed by atoms with E-state index >= 15 is 0 Å². The molecule has 0 aliphatic heterocycles. The van der Waals surface area contributed by atoms with Crippen molar-refractivity contribution in [2.45, 2.75) is 31.5 Å². The van der Waals surface area contributed by atoms with Crippen LogP contribution >= 0.6 is 0 Å². The van der Waals surface area contributed by atoms with Crippen molar-refractivity contribution in [1.82, 2.24) is 0 Å². The van der Waals surface area contributed by atoms with E-state index in [1.54, 1.807) is 0 Å². The highest BCUT2D eigenvalue weighted by Crippen LogP contribution is 2.36. The molecule has 0 aromatic heterocycles. The van der Waals surface area contributed by atoms with Crippen molar-refractivity contribution >= 4 is 11.6 Å². The molecule has 0 atom stereocenters. The zero-order valence-corrected chi connectivity index (χ0v) is 9.77. The fourth-order valence-electron chi connectivity index (χ4n) is 1.69. The topological polar surface area (TPSA) is 55.1 Å². The van der Waals surface area contributed by atoms with E-state index in [0.717, 1.165) is 6.07 Å². The first-order valence-electron chi connectivity index (χ1n) is 5.51. The molecular formula is C12H13F3N2O. The van der Waals surface area contributed by atoms with E-state index in [2.05, 4.69) is 5.32 Å². The van der Waals surface area contributed by atoms with Crippen LogP contribution in [0.5, 0.6) is 0 Å². The lowest BCUT2D eigenvalue weighted by molar-refractivity contribution is -0.138. The molecular weight excluding hydrogens is 245 g/mol. The Morgan fingerprint density at radius 3 is 2.50 bits per heavy atom. The van der Waals surface area contributed by atoms with Crippen molar-refractivity contribution < 1.29 is 18.0 Å². The first-order chi connectivity index (χ1) is 8.24. The maximum atomic E-state index is 12.7. The molecule has 1 aliphatic carbocycles. The van der Waals surface area contributed by atoms with E-state index < -0.39 is 23.2 Å². The van der Waals surface area contributed by atoms with Crippen LogP contribution in [0.2, 0.25) is 0 Å². The third-order valence-corrected chi connectivity index (χ3v) is 3.13. The fourth-order valence-corrected chi connectivity index (χ4v) is 1.69. The molecule has 0 heterocycles. The zero-order chi connectivity index (χ0) is 13.6. The Bertz CT molecular complexity index is 493. The van der Waals surface area contributed by atoms with Gasteiger partial charge in [-0.2, -0.15) is 13.2 Å². The molecule has 0 radical (unpaired) electrons. The zero-order valence-electron chi connectivity index (χ0n) is 9.77. The monoisotopic (exact) mass is 258 g/mol. The van der Waals surface area contributed by atoms with Gasteiger partial charge in [-0.1, -0.05) is 6.07 Å². The highest BCUT2D eigenvalue weighted by Gasteiger charge is 2.46. The Hall–Kier alpha value is -1.56. The molecule has 3 nitrogen and oxygen atoms in total. The second kappa shape index (κ2) is 3.98. The van der Waals surface area contributed by atoms with Crippen molar-refractivity contribution in [3.05, 3.63) is 29.3 Å². The molecule has 0 unspecified atom stereocenters. The summed E-state index contributed by atoms with van der Waals surface area (Å²) in [4.78, 5) is 11.7. The third kappa shape index (κ3) is 2.33. The second-order valence-electron chi connectivity index (χ2n) is 4.59. The van der Waals surface area contributed by atoms with Gasteiger partial charge >= 0.3 is 6.18 Å². The minimum absolute atomic E-state index is 0.00241. The molecule has 3 N–H and O–H groups in total. The summed E-state index contributed by atoms with van der Waals surface area (Å²) in [5.74, 6) is -0.426. The highest BCUT2D eigenvalue weighted by molar-refractivity contribution is 6.00. The van der Waals surface area contributed by atoms with Gasteiger partial charge in [0.25, 0.3) is 0 Å². The lowest BCUT2D eigenvalue weighted by atomic mass is 10.1. The van der Waals surface area contributed by atoms with Crippen LogP contribution in [-0.4, -0.2) is 11.4 Å². The molecule has 1 aliphatic rings. The number of nitrogens with two attached hydrogens (primary N) is 1. The van der Waals surface area contributed by atoms with Crippen molar-refractivity contribution in [3.8, 4) is 0 Å². The number of anilines is 1. The van der Waals surface area contributed by atoms with E-state index in [1.165, 1.54) is 19.1 Å². The number of alkyl halides is 3. The van der Waals surface area contributed by atoms with Crippen LogP contribution in [0.25, 0.3) is 0 Å². The average Bonchev–Trinajstić information content (AvgIpc) is 2.99. The molecule has 1 fully saturated rings. The van der Waals surface area contributed by atoms with Crippen molar-refractivity contribution in [3.63, 3.8) is 0 Å². The number of benzene rings is 1. The summed E-state index contributed by atoms with van der Waals surface area (Å²) < 4.78 is 38.0. The number of amides is 1. The minimum Gasteiger partial charge on any atom is -0.324 e. The lowest BCUT2D eigenvalue weighted by Gasteiger charge is -2.16. The van der Waals surface area contributed by atoms with Crippen molar-refractivity contribution in [2.75, 3.05) is 5.32 Å². The number of rotatable bonds is 2. The van der Waals surface area contributed by atoms with Gasteiger partial charge in [-0.05, 0) is 37.5 Å². The number of carbonyl (C=O) groups excluding carboxylic acids is 1. The van der Waals surface area contributed by atoms with E-state index in [1.807, 2.05) is 0 Å². The molecule has 1 amide bonds. The molecule has 18 heavy (non-hydrogen) atoms. The van der Waals surface area contributed by atoms with E-state index in [9.17, 15) is 18.0 Å². The highest BCUT2D eigenvalue weighted by atomic mass is 19.4. The largest absolute Gasteiger partial charge is 0.416 e. The normalized spacial score (nSPS) is 17.4. The Balaban J connectivity index is 2.27. The Morgan fingerprint density at radius 1 is 1.39 bits per heavy atom. The van der Waals surface area contributed by atoms with Crippen LogP contribution in [0.1, 0.15) is 24.0 Å². The van der Waals surface area contributed by atoms with E-state index in [0.29, 0.717) is 12.8 Å². The van der Waals surface area contributed by atoms with Gasteiger partial charge in [0.05, 0.1) is 11.1 Å². The quantitative estimate of drug-likeness (QED) is 0.856. The number of nitrogens with one attached hydrogen (secondary N) is 1. The first-order valence-corrected chi connectivity index (χ1v) is 5.51. The molecule has 0 spiro atoms. The maximum absolute atomic E-state index is 12.7. The second-order valence-corrected chi connectivity index (χ2v) is 4.59. The summed E-state index contributed by atoms with van der Waals surface area (Å²) in [5.41, 5.74) is 4.19. The standard InChI is InChI=1S/C12H13F3N2O/c1-7-8(12(13,14)15)3-2-4-9(7)17-10(18)11(16)5-6-11/h2-4H,5-6,16H2,1H3,(H,17,18). The van der Waals surface area contributed by atoms with Gasteiger partial charge in [-0.3, -0.25) is 4.79 Å². The lowest BCUT2D eigenvalue weighted by Crippen LogP contribution is -2.38. The van der Waals surface area contributed by atoms with Gasteiger partial charge in [0.1, 0.15) is 0 Å². The number of hydrogen-bond acceptors (Lipinski definition) is 2. The summed E-state index contributed by atoms with van der Waals surface area (Å²) in [5, 5.41) is 2.46. The van der Waals surface area contributed by atoms with Crippen LogP contribution in [0, 0.1) is 6.92 Å². The molecule has 0 saturated heterocycles. The van der Waals surface area contributed by atoms with Crippen molar-refractivity contribution in [2.24, 2.45) is 5.73 Å². The summed E-state index contributed by atoms with van der Waals surface area (Å²) in [6.07, 6.45) is -3.29. The van der Waals surface area contributed by atoms with Crippen molar-refractivity contribution in [1.29, 1.82) is 0 Å². The predicted molar refractivity (Wildman–Crippen MR) is 61.0 cm³/mol. The SMILES string of the molecule is Cc1c(NC(=O)C2(N)CC2)cccc1C(F)(F)F. The van der Waals surface area contributed by atoms with Gasteiger partial charge in [-0.25, -0.2) is 0 Å². The summed E-state index contributed by atoms with van der Waals surface area (Å²) >= 11 is 0. The van der Waals surface area contributed by atoms with Gasteiger partial charge in [0, 0.05) is 5.69 Å². The van der Waals surface area contributed by atoms with Gasteiger partial charge in [0.2, 0.25) is 5.91 Å². The molecule has 6 heteroatoms. The number of carbonyl (C=O) groups is 1. The van der Waals surface area contributed by atoms with Crippen LogP contribution < -0.4 is 11.1 Å². The Labute approximate surface area is 102 Å². The molecule has 1 saturated carbocycles. The Kier molecular flexibility index (Phi) is 2.85. The van der Waals surface area contributed by atoms with Crippen LogP contribution in [0.4, 0.5) is 18.9 Å². The summed E-state index contributed by atoms with van der Waals surface area (Å²) in [6.45, 7) is 1.33. The van der Waals surface area contributed by atoms with E-state index in [-0.39, 0.29) is 11.3 Å². The van der Waals surface area contributed by atoms with Crippen LogP contribution in [0.15, 0.2) is 18.2 Å². The van der Waals surface area contributed by atoms with E-state index in [4.69, 9.17) is 5.73 Å². The summed E-state index contributed by atoms with van der Waals surface area (Å²) in [6, 6.07) is 3.69. The minimum atomic E-state index is -4.43. The van der Waals surface area contributed by atoms with Crippen LogP contribution in [0.3, 0.4) is 0 Å². The molecule has 0 bridgehead atoms. The molecule has 1 aromatic rings. The predicted octanol–water partition coefficient (Wildman–Crippen LogP) is 2.44. The number of hydrogen-bond donors (Lipinski definition) is 2. The molecule has 1 aromatic carbocycles. The van der Waals surface area contributed by atoms with Gasteiger partial charge in [0.15, 0.2) is 0 Å². The van der Waals surface area contributed by atoms with Gasteiger partial charge in [-0.15, -0.1) is 0 Å².